The molecule has 0 bridgehead atoms. The molecule has 2 heterocycles. The first-order valence-corrected chi connectivity index (χ1v) is 10.3. The molecular formula is C24H25N5O3. The summed E-state index contributed by atoms with van der Waals surface area (Å²) in [6, 6.07) is 17.4. The number of hydrogen-bond acceptors (Lipinski definition) is 6. The lowest BCUT2D eigenvalue weighted by Gasteiger charge is -2.08. The van der Waals surface area contributed by atoms with E-state index >= 15 is 0 Å². The Morgan fingerprint density at radius 3 is 2.59 bits per heavy atom. The van der Waals surface area contributed by atoms with Gasteiger partial charge in [0.1, 0.15) is 23.9 Å². The molecule has 164 valence electrons. The molecule has 1 amide bonds. The molecule has 0 radical (unpaired) electrons. The maximum atomic E-state index is 11.7. The van der Waals surface area contributed by atoms with E-state index in [-0.39, 0.29) is 12.5 Å². The highest BCUT2D eigenvalue weighted by atomic mass is 16.5. The van der Waals surface area contributed by atoms with Gasteiger partial charge < -0.3 is 24.7 Å². The summed E-state index contributed by atoms with van der Waals surface area (Å²) in [4.78, 5) is 20.5. The van der Waals surface area contributed by atoms with Crippen molar-refractivity contribution in [3.05, 3.63) is 66.4 Å². The van der Waals surface area contributed by atoms with Gasteiger partial charge in [0.25, 0.3) is 5.91 Å². The summed E-state index contributed by atoms with van der Waals surface area (Å²) in [5.41, 5.74) is 4.06. The number of carbonyl (C=O) groups excluding carboxylic acids is 1. The second-order valence-corrected chi connectivity index (χ2v) is 7.28. The van der Waals surface area contributed by atoms with Crippen LogP contribution in [-0.4, -0.2) is 34.2 Å². The third-order valence-corrected chi connectivity index (χ3v) is 4.98. The summed E-state index contributed by atoms with van der Waals surface area (Å²) in [5.74, 6) is 2.04. The number of aromatic nitrogens is 3. The number of ether oxygens (including phenoxy) is 2. The Morgan fingerprint density at radius 2 is 1.84 bits per heavy atom. The van der Waals surface area contributed by atoms with Crippen LogP contribution < -0.4 is 15.4 Å². The number of aryl methyl sites for hydroxylation is 2. The summed E-state index contributed by atoms with van der Waals surface area (Å²) < 4.78 is 12.8. The van der Waals surface area contributed by atoms with E-state index in [0.717, 1.165) is 29.1 Å². The van der Waals surface area contributed by atoms with Crippen LogP contribution in [0.5, 0.6) is 11.5 Å². The average molecular weight is 431 g/mol. The van der Waals surface area contributed by atoms with Crippen LogP contribution in [0.2, 0.25) is 0 Å². The fourth-order valence-corrected chi connectivity index (χ4v) is 3.30. The van der Waals surface area contributed by atoms with Crippen LogP contribution >= 0.6 is 0 Å². The van der Waals surface area contributed by atoms with Crippen molar-refractivity contribution in [2.24, 2.45) is 7.05 Å². The van der Waals surface area contributed by atoms with Crippen LogP contribution in [0.25, 0.3) is 11.0 Å². The van der Waals surface area contributed by atoms with Crippen molar-refractivity contribution in [1.82, 2.24) is 14.5 Å². The lowest BCUT2D eigenvalue weighted by atomic mass is 10.1. The first-order chi connectivity index (χ1) is 15.6. The van der Waals surface area contributed by atoms with Gasteiger partial charge in [-0.25, -0.2) is 9.97 Å². The minimum atomic E-state index is -0.281. The van der Waals surface area contributed by atoms with E-state index in [9.17, 15) is 4.79 Å². The van der Waals surface area contributed by atoms with Gasteiger partial charge in [-0.2, -0.15) is 0 Å². The number of benzene rings is 2. The predicted octanol–water partition coefficient (Wildman–Crippen LogP) is 4.65. The van der Waals surface area contributed by atoms with Crippen LogP contribution in [0.4, 0.5) is 17.5 Å². The molecule has 0 aliphatic rings. The maximum absolute atomic E-state index is 11.7. The maximum Gasteiger partial charge on any atom is 0.251 e. The summed E-state index contributed by atoms with van der Waals surface area (Å²) in [7, 11) is 3.43. The number of fused-ring (bicyclic) bond motifs is 1. The molecule has 0 saturated carbocycles. The van der Waals surface area contributed by atoms with Crippen LogP contribution in [0.15, 0.2) is 60.8 Å². The van der Waals surface area contributed by atoms with Crippen LogP contribution in [0, 0.1) is 0 Å². The standard InChI is InChI=1S/C24H25N5O3/c1-4-16-5-7-17(8-6-16)26-24-27-20-13-18(9-10-21(20)29(24)2)32-19-11-12-25-22(14-19)28-23(30)15-31-3/h5-14H,4,15H2,1-3H3,(H,26,27)(H,25,28,30). The lowest BCUT2D eigenvalue weighted by Crippen LogP contribution is -2.17. The van der Waals surface area contributed by atoms with Crippen molar-refractivity contribution >= 4 is 34.4 Å². The minimum Gasteiger partial charge on any atom is -0.457 e. The Morgan fingerprint density at radius 1 is 1.06 bits per heavy atom. The zero-order valence-corrected chi connectivity index (χ0v) is 18.3. The van der Waals surface area contributed by atoms with E-state index in [1.807, 2.05) is 29.8 Å². The summed E-state index contributed by atoms with van der Waals surface area (Å²) in [5, 5.41) is 6.03. The van der Waals surface area contributed by atoms with Crippen LogP contribution in [-0.2, 0) is 23.0 Å². The first kappa shape index (κ1) is 21.3. The predicted molar refractivity (Wildman–Crippen MR) is 125 cm³/mol. The fraction of sp³-hybridized carbons (Fsp3) is 0.208. The van der Waals surface area contributed by atoms with E-state index in [0.29, 0.717) is 17.3 Å². The molecular weight excluding hydrogens is 406 g/mol. The number of methoxy groups -OCH3 is 1. The average Bonchev–Trinajstić information content (AvgIpc) is 3.09. The second kappa shape index (κ2) is 9.49. The third kappa shape index (κ3) is 4.87. The molecule has 4 aromatic rings. The summed E-state index contributed by atoms with van der Waals surface area (Å²) in [6.07, 6.45) is 2.58. The highest BCUT2D eigenvalue weighted by molar-refractivity contribution is 5.90. The Hall–Kier alpha value is -3.91. The summed E-state index contributed by atoms with van der Waals surface area (Å²) >= 11 is 0. The van der Waals surface area contributed by atoms with Crippen molar-refractivity contribution < 1.29 is 14.3 Å². The zero-order valence-electron chi connectivity index (χ0n) is 18.3. The molecule has 0 fully saturated rings. The molecule has 0 spiro atoms. The van der Waals surface area contributed by atoms with Gasteiger partial charge in [-0.15, -0.1) is 0 Å². The lowest BCUT2D eigenvalue weighted by molar-refractivity contribution is -0.119. The van der Waals surface area contributed by atoms with E-state index < -0.39 is 0 Å². The number of imidazole rings is 1. The Balaban J connectivity index is 1.52. The molecule has 32 heavy (non-hydrogen) atoms. The normalized spacial score (nSPS) is 10.8. The molecule has 0 saturated heterocycles. The SMILES string of the molecule is CCc1ccc(Nc2nc3cc(Oc4ccnc(NC(=O)COC)c4)ccc3n2C)cc1. The van der Waals surface area contributed by atoms with Gasteiger partial charge in [0, 0.05) is 38.2 Å². The molecule has 2 aromatic carbocycles. The number of hydrogen-bond donors (Lipinski definition) is 2. The van der Waals surface area contributed by atoms with Gasteiger partial charge in [0.2, 0.25) is 5.95 Å². The minimum absolute atomic E-state index is 0.0395. The molecule has 8 heteroatoms. The van der Waals surface area contributed by atoms with E-state index in [1.54, 1.807) is 18.3 Å². The highest BCUT2D eigenvalue weighted by Crippen LogP contribution is 2.28. The van der Waals surface area contributed by atoms with Gasteiger partial charge in [-0.1, -0.05) is 19.1 Å². The van der Waals surface area contributed by atoms with Gasteiger partial charge in [-0.3, -0.25) is 4.79 Å². The van der Waals surface area contributed by atoms with Crippen LogP contribution in [0.1, 0.15) is 12.5 Å². The summed E-state index contributed by atoms with van der Waals surface area (Å²) in [6.45, 7) is 2.10. The smallest absolute Gasteiger partial charge is 0.251 e. The van der Waals surface area contributed by atoms with Gasteiger partial charge in [-0.05, 0) is 42.3 Å². The van der Waals surface area contributed by atoms with E-state index in [2.05, 4.69) is 46.8 Å². The number of nitrogens with one attached hydrogen (secondary N) is 2. The largest absolute Gasteiger partial charge is 0.457 e. The number of anilines is 3. The van der Waals surface area contributed by atoms with Gasteiger partial charge in [0.15, 0.2) is 0 Å². The van der Waals surface area contributed by atoms with Gasteiger partial charge in [0.05, 0.1) is 11.0 Å². The quantitative estimate of drug-likeness (QED) is 0.422. The topological polar surface area (TPSA) is 90.3 Å². The molecule has 4 rings (SSSR count). The van der Waals surface area contributed by atoms with Crippen molar-refractivity contribution in [3.63, 3.8) is 0 Å². The van der Waals surface area contributed by atoms with Crippen molar-refractivity contribution in [3.8, 4) is 11.5 Å². The number of nitrogens with zero attached hydrogens (tertiary/aromatic N) is 3. The molecule has 0 aliphatic heterocycles. The van der Waals surface area contributed by atoms with Crippen molar-refractivity contribution in [1.29, 1.82) is 0 Å². The molecule has 0 unspecified atom stereocenters. The van der Waals surface area contributed by atoms with Crippen molar-refractivity contribution in [2.45, 2.75) is 13.3 Å². The Kier molecular flexibility index (Phi) is 6.32. The Bertz CT molecular complexity index is 1230. The molecule has 2 aromatic heterocycles. The number of carbonyl (C=O) groups is 1. The van der Waals surface area contributed by atoms with Crippen molar-refractivity contribution in [2.75, 3.05) is 24.4 Å². The second-order valence-electron chi connectivity index (χ2n) is 7.28. The van der Waals surface area contributed by atoms with E-state index in [1.165, 1.54) is 12.7 Å². The third-order valence-electron chi connectivity index (χ3n) is 4.98. The number of pyridine rings is 1. The Labute approximate surface area is 186 Å². The number of rotatable bonds is 8. The fourth-order valence-electron chi connectivity index (χ4n) is 3.30. The zero-order chi connectivity index (χ0) is 22.5. The molecule has 2 N–H and O–H groups in total. The van der Waals surface area contributed by atoms with Crippen LogP contribution in [0.3, 0.4) is 0 Å². The number of amides is 1. The monoisotopic (exact) mass is 431 g/mol. The molecule has 0 aliphatic carbocycles. The van der Waals surface area contributed by atoms with E-state index in [4.69, 9.17) is 14.5 Å². The first-order valence-electron chi connectivity index (χ1n) is 10.3. The van der Waals surface area contributed by atoms with Gasteiger partial charge >= 0.3 is 0 Å². The highest BCUT2D eigenvalue weighted by Gasteiger charge is 2.10. The molecule has 0 atom stereocenters. The molecule has 8 nitrogen and oxygen atoms in total.